The quantitative estimate of drug-likeness (QED) is 0.478. The number of benzene rings is 2. The first-order chi connectivity index (χ1) is 15.8. The molecular formula is C24H22N4O5. The number of anilines is 2. The number of carbonyl (C=O) groups is 2. The number of nitro groups is 1. The number of rotatable bonds is 5. The minimum absolute atomic E-state index is 0.296. The number of amides is 2. The summed E-state index contributed by atoms with van der Waals surface area (Å²) in [4.78, 5) is 50.7. The van der Waals surface area contributed by atoms with Gasteiger partial charge in [-0.15, -0.1) is 0 Å². The summed E-state index contributed by atoms with van der Waals surface area (Å²) in [5.41, 5.74) is 2.34. The van der Waals surface area contributed by atoms with Crippen molar-refractivity contribution in [2.75, 3.05) is 10.2 Å². The van der Waals surface area contributed by atoms with Gasteiger partial charge in [-0.05, 0) is 43.5 Å². The Hall–Kier alpha value is -4.27. The molecular weight excluding hydrogens is 424 g/mol. The Morgan fingerprint density at radius 3 is 2.55 bits per heavy atom. The van der Waals surface area contributed by atoms with Gasteiger partial charge in [0, 0.05) is 23.5 Å². The minimum Gasteiger partial charge on any atom is -0.324 e. The van der Waals surface area contributed by atoms with Crippen molar-refractivity contribution in [3.63, 3.8) is 0 Å². The maximum absolute atomic E-state index is 13.4. The molecule has 0 aliphatic carbocycles. The molecule has 4 rings (SSSR count). The number of aromatic nitrogens is 1. The summed E-state index contributed by atoms with van der Waals surface area (Å²) < 4.78 is 0.993. The summed E-state index contributed by atoms with van der Waals surface area (Å²) in [5, 5.41) is 14.0. The number of nitrogens with zero attached hydrogens (tertiary/aromatic N) is 3. The molecule has 1 aliphatic rings. The average molecular weight is 446 g/mol. The van der Waals surface area contributed by atoms with Crippen molar-refractivity contribution in [2.45, 2.75) is 32.4 Å². The van der Waals surface area contributed by atoms with Gasteiger partial charge >= 0.3 is 0 Å². The lowest BCUT2D eigenvalue weighted by Gasteiger charge is -2.36. The van der Waals surface area contributed by atoms with Crippen LogP contribution in [0.4, 0.5) is 17.1 Å². The lowest BCUT2D eigenvalue weighted by molar-refractivity contribution is -0.385. The highest BCUT2D eigenvalue weighted by atomic mass is 16.6. The Kier molecular flexibility index (Phi) is 6.03. The average Bonchev–Trinajstić information content (AvgIpc) is 2.81. The van der Waals surface area contributed by atoms with E-state index in [0.29, 0.717) is 24.2 Å². The van der Waals surface area contributed by atoms with E-state index < -0.39 is 29.0 Å². The first-order valence-electron chi connectivity index (χ1n) is 10.5. The highest BCUT2D eigenvalue weighted by molar-refractivity contribution is 6.05. The zero-order valence-corrected chi connectivity index (χ0v) is 17.9. The summed E-state index contributed by atoms with van der Waals surface area (Å²) >= 11 is 0. The molecule has 9 heteroatoms. The van der Waals surface area contributed by atoms with Crippen molar-refractivity contribution in [2.24, 2.45) is 0 Å². The lowest BCUT2D eigenvalue weighted by Crippen LogP contribution is -2.51. The second-order valence-corrected chi connectivity index (χ2v) is 7.91. The zero-order chi connectivity index (χ0) is 23.5. The van der Waals surface area contributed by atoms with E-state index in [-0.39, 0.29) is 11.6 Å². The first kappa shape index (κ1) is 21.9. The fraction of sp³-hybridized carbons (Fsp3) is 0.208. The second-order valence-electron chi connectivity index (χ2n) is 7.91. The third-order valence-electron chi connectivity index (χ3n) is 5.62. The Labute approximate surface area is 189 Å². The molecule has 1 unspecified atom stereocenters. The molecule has 2 aromatic carbocycles. The van der Waals surface area contributed by atoms with Gasteiger partial charge in [0.2, 0.25) is 11.8 Å². The van der Waals surface area contributed by atoms with Crippen LogP contribution in [0.15, 0.2) is 71.7 Å². The molecule has 0 bridgehead atoms. The molecule has 0 radical (unpaired) electrons. The number of aryl methyl sites for hydroxylation is 2. The molecule has 1 atom stereocenters. The molecule has 2 heterocycles. The number of fused-ring (bicyclic) bond motifs is 1. The molecule has 9 nitrogen and oxygen atoms in total. The van der Waals surface area contributed by atoms with E-state index >= 15 is 0 Å². The predicted octanol–water partition coefficient (Wildman–Crippen LogP) is 3.05. The SMILES string of the molecule is Cc1ccc(NC(=O)C2CCc3ccccc3N2C(=O)Cn2cc([N+](=O)[O-])ccc2=O)cc1. The fourth-order valence-corrected chi connectivity index (χ4v) is 3.94. The Bertz CT molecular complexity index is 1280. The van der Waals surface area contributed by atoms with E-state index in [4.69, 9.17) is 0 Å². The van der Waals surface area contributed by atoms with Crippen molar-refractivity contribution in [1.29, 1.82) is 0 Å². The summed E-state index contributed by atoms with van der Waals surface area (Å²) in [6.45, 7) is 1.52. The van der Waals surface area contributed by atoms with Gasteiger partial charge in [-0.2, -0.15) is 0 Å². The van der Waals surface area contributed by atoms with Crippen molar-refractivity contribution >= 4 is 28.9 Å². The summed E-state index contributed by atoms with van der Waals surface area (Å²) in [7, 11) is 0. The van der Waals surface area contributed by atoms with E-state index in [1.165, 1.54) is 4.90 Å². The van der Waals surface area contributed by atoms with Gasteiger partial charge in [-0.25, -0.2) is 0 Å². The van der Waals surface area contributed by atoms with Crippen LogP contribution in [0.2, 0.25) is 0 Å². The van der Waals surface area contributed by atoms with Crippen LogP contribution in [0.25, 0.3) is 0 Å². The van der Waals surface area contributed by atoms with Gasteiger partial charge in [-0.3, -0.25) is 34.0 Å². The van der Waals surface area contributed by atoms with Crippen molar-refractivity contribution in [1.82, 2.24) is 4.57 Å². The molecule has 168 valence electrons. The van der Waals surface area contributed by atoms with Gasteiger partial charge in [0.05, 0.1) is 11.1 Å². The number of hydrogen-bond acceptors (Lipinski definition) is 5. The molecule has 33 heavy (non-hydrogen) atoms. The highest BCUT2D eigenvalue weighted by Gasteiger charge is 2.35. The fourth-order valence-electron chi connectivity index (χ4n) is 3.94. The standard InChI is InChI=1S/C24H22N4O5/c1-16-6-9-18(10-7-16)25-24(31)21-12-8-17-4-2-3-5-20(17)27(21)23(30)15-26-14-19(28(32)33)11-13-22(26)29/h2-7,9-11,13-14,21H,8,12,15H2,1H3,(H,25,31). The molecule has 0 spiro atoms. The number of para-hydroxylation sites is 1. The molecule has 0 saturated heterocycles. The van der Waals surface area contributed by atoms with Crippen LogP contribution in [0.5, 0.6) is 0 Å². The third-order valence-corrected chi connectivity index (χ3v) is 5.62. The van der Waals surface area contributed by atoms with Crippen LogP contribution < -0.4 is 15.8 Å². The Morgan fingerprint density at radius 2 is 1.82 bits per heavy atom. The van der Waals surface area contributed by atoms with Gasteiger partial charge in [0.15, 0.2) is 0 Å². The van der Waals surface area contributed by atoms with Gasteiger partial charge in [-0.1, -0.05) is 35.9 Å². The maximum atomic E-state index is 13.4. The lowest BCUT2D eigenvalue weighted by atomic mass is 9.95. The Balaban J connectivity index is 1.65. The van der Waals surface area contributed by atoms with Crippen LogP contribution in [0, 0.1) is 17.0 Å². The number of carbonyl (C=O) groups excluding carboxylic acids is 2. The minimum atomic E-state index is -0.789. The zero-order valence-electron chi connectivity index (χ0n) is 17.9. The van der Waals surface area contributed by atoms with Gasteiger partial charge in [0.25, 0.3) is 11.2 Å². The topological polar surface area (TPSA) is 115 Å². The van der Waals surface area contributed by atoms with E-state index in [2.05, 4.69) is 5.32 Å². The van der Waals surface area contributed by atoms with Gasteiger partial charge < -0.3 is 5.32 Å². The van der Waals surface area contributed by atoms with Crippen molar-refractivity contribution in [3.8, 4) is 0 Å². The van der Waals surface area contributed by atoms with Gasteiger partial charge in [0.1, 0.15) is 12.6 Å². The third kappa shape index (κ3) is 4.67. The first-order valence-corrected chi connectivity index (χ1v) is 10.5. The Morgan fingerprint density at radius 1 is 1.09 bits per heavy atom. The number of nitrogens with one attached hydrogen (secondary N) is 1. The normalized spacial score (nSPS) is 14.9. The van der Waals surface area contributed by atoms with Crippen LogP contribution in [-0.4, -0.2) is 27.3 Å². The summed E-state index contributed by atoms with van der Waals surface area (Å²) in [5.74, 6) is -0.845. The molecule has 1 N–H and O–H groups in total. The van der Waals surface area contributed by atoms with E-state index in [0.717, 1.165) is 34.0 Å². The number of pyridine rings is 1. The molecule has 3 aromatic rings. The van der Waals surface area contributed by atoms with Crippen molar-refractivity contribution < 1.29 is 14.5 Å². The predicted molar refractivity (Wildman–Crippen MR) is 123 cm³/mol. The molecule has 0 fully saturated rings. The van der Waals surface area contributed by atoms with Crippen LogP contribution >= 0.6 is 0 Å². The van der Waals surface area contributed by atoms with Crippen molar-refractivity contribution in [3.05, 3.63) is 98.5 Å². The monoisotopic (exact) mass is 446 g/mol. The van der Waals surface area contributed by atoms with Crippen LogP contribution in [0.1, 0.15) is 17.5 Å². The largest absolute Gasteiger partial charge is 0.324 e. The second kappa shape index (κ2) is 9.07. The molecule has 1 aromatic heterocycles. The summed E-state index contributed by atoms with van der Waals surface area (Å²) in [6.07, 6.45) is 2.06. The molecule has 2 amide bonds. The van der Waals surface area contributed by atoms with E-state index in [1.54, 1.807) is 24.3 Å². The van der Waals surface area contributed by atoms with E-state index in [1.807, 2.05) is 31.2 Å². The molecule has 1 aliphatic heterocycles. The smallest absolute Gasteiger partial charge is 0.285 e. The van der Waals surface area contributed by atoms with E-state index in [9.17, 15) is 24.5 Å². The summed E-state index contributed by atoms with van der Waals surface area (Å²) in [6, 6.07) is 16.0. The molecule has 0 saturated carbocycles. The highest BCUT2D eigenvalue weighted by Crippen LogP contribution is 2.31. The maximum Gasteiger partial charge on any atom is 0.285 e. The van der Waals surface area contributed by atoms with Crippen LogP contribution in [0.3, 0.4) is 0 Å². The van der Waals surface area contributed by atoms with Crippen LogP contribution in [-0.2, 0) is 22.6 Å². The number of hydrogen-bond donors (Lipinski definition) is 1.